The summed E-state index contributed by atoms with van der Waals surface area (Å²) in [7, 11) is 0. The minimum atomic E-state index is -1.79. The van der Waals surface area contributed by atoms with Gasteiger partial charge in [-0.1, -0.05) is 159 Å². The van der Waals surface area contributed by atoms with E-state index in [1.54, 1.807) is 6.08 Å². The third-order valence-corrected chi connectivity index (χ3v) is 12.1. The van der Waals surface area contributed by atoms with Crippen LogP contribution in [-0.2, 0) is 23.7 Å². The summed E-state index contributed by atoms with van der Waals surface area (Å²) < 4.78 is 22.6. The Morgan fingerprint density at radius 2 is 1.02 bits per heavy atom. The topological polar surface area (TPSA) is 228 Å². The van der Waals surface area contributed by atoms with Crippen LogP contribution in [0, 0.1) is 0 Å². The molecule has 0 aromatic rings. The molecule has 2 saturated heterocycles. The molecule has 0 aliphatic carbocycles. The molecular weight excluding hydrogens is 811 g/mol. The molecule has 1 amide bonds. The highest BCUT2D eigenvalue weighted by Crippen LogP contribution is 2.30. The lowest BCUT2D eigenvalue weighted by Crippen LogP contribution is -2.65. The van der Waals surface area contributed by atoms with Crippen molar-refractivity contribution in [2.45, 2.75) is 248 Å². The number of rotatable bonds is 37. The van der Waals surface area contributed by atoms with Gasteiger partial charge >= 0.3 is 0 Å². The number of allylic oxidation sites excluding steroid dienone is 5. The van der Waals surface area contributed by atoms with E-state index in [9.17, 15) is 45.6 Å². The van der Waals surface area contributed by atoms with Crippen molar-refractivity contribution >= 4 is 5.91 Å². The summed E-state index contributed by atoms with van der Waals surface area (Å²) in [4.78, 5) is 13.0. The van der Waals surface area contributed by atoms with Gasteiger partial charge in [0.1, 0.15) is 48.8 Å². The van der Waals surface area contributed by atoms with Crippen LogP contribution in [-0.4, -0.2) is 140 Å². The highest BCUT2D eigenvalue weighted by molar-refractivity contribution is 5.76. The van der Waals surface area contributed by atoms with Crippen LogP contribution in [0.5, 0.6) is 0 Å². The highest BCUT2D eigenvalue weighted by Gasteiger charge is 2.51. The molecule has 14 nitrogen and oxygen atoms in total. The van der Waals surface area contributed by atoms with Crippen molar-refractivity contribution < 1.29 is 64.6 Å². The standard InChI is InChI=1S/C49H89NO13/c1-3-5-7-9-11-12-13-14-15-16-17-18-19-20-21-22-23-24-25-27-28-30-32-38(53)37(50-41(54)33-31-29-26-10-8-6-4-2)36-60-48-46(59)44(57)47(40(35-52)62-48)63-49-45(58)43(56)42(55)39(34-51)61-49/h20-21,24-25,30,32,37-40,42-49,51-53,55-59H,3-19,22-23,26-29,31,33-36H2,1-2H3,(H,50,54)/b21-20+,25-24+,32-30+. The van der Waals surface area contributed by atoms with Gasteiger partial charge in [0.05, 0.1) is 32.0 Å². The third-order valence-electron chi connectivity index (χ3n) is 12.1. The zero-order chi connectivity index (χ0) is 46.1. The van der Waals surface area contributed by atoms with Crippen LogP contribution in [0.3, 0.4) is 0 Å². The van der Waals surface area contributed by atoms with Crippen molar-refractivity contribution in [1.82, 2.24) is 5.32 Å². The Hall–Kier alpha value is -1.79. The SMILES string of the molecule is CCCCCCCCCCCCCC/C=C/CC/C=C/CC/C=C/C(O)C(COC1OC(CO)C(OC2OC(CO)C(O)C(O)C2O)C(O)C1O)NC(=O)CCCCCCCCC. The van der Waals surface area contributed by atoms with Crippen molar-refractivity contribution in [2.24, 2.45) is 0 Å². The third kappa shape index (κ3) is 24.0. The summed E-state index contributed by atoms with van der Waals surface area (Å²) in [6.07, 6.45) is 23.7. The van der Waals surface area contributed by atoms with Crippen molar-refractivity contribution in [3.63, 3.8) is 0 Å². The molecule has 2 heterocycles. The Labute approximate surface area is 379 Å². The lowest BCUT2D eigenvalue weighted by molar-refractivity contribution is -0.359. The molecule has 0 radical (unpaired) electrons. The first-order chi connectivity index (χ1) is 30.6. The minimum Gasteiger partial charge on any atom is -0.394 e. The number of aliphatic hydroxyl groups excluding tert-OH is 8. The average Bonchev–Trinajstić information content (AvgIpc) is 3.28. The zero-order valence-electron chi connectivity index (χ0n) is 38.8. The van der Waals surface area contributed by atoms with Crippen LogP contribution in [0.25, 0.3) is 0 Å². The van der Waals surface area contributed by atoms with E-state index in [1.807, 2.05) is 6.08 Å². The second-order valence-electron chi connectivity index (χ2n) is 17.6. The smallest absolute Gasteiger partial charge is 0.220 e. The molecule has 0 spiro atoms. The number of amides is 1. The fourth-order valence-electron chi connectivity index (χ4n) is 7.97. The predicted molar refractivity (Wildman–Crippen MR) is 244 cm³/mol. The molecule has 2 aliphatic heterocycles. The molecule has 2 fully saturated rings. The summed E-state index contributed by atoms with van der Waals surface area (Å²) in [5.41, 5.74) is 0. The van der Waals surface area contributed by atoms with Crippen LogP contribution in [0.1, 0.15) is 174 Å². The van der Waals surface area contributed by atoms with Crippen molar-refractivity contribution in [3.05, 3.63) is 36.5 Å². The number of hydrogen-bond donors (Lipinski definition) is 9. The number of hydrogen-bond acceptors (Lipinski definition) is 13. The molecule has 368 valence electrons. The average molecular weight is 900 g/mol. The second kappa shape index (κ2) is 36.3. The maximum Gasteiger partial charge on any atom is 0.220 e. The zero-order valence-corrected chi connectivity index (χ0v) is 38.8. The van der Waals surface area contributed by atoms with E-state index in [1.165, 1.54) is 89.9 Å². The van der Waals surface area contributed by atoms with Gasteiger partial charge in [0.15, 0.2) is 12.6 Å². The molecule has 0 aromatic carbocycles. The number of unbranched alkanes of at least 4 members (excludes halogenated alkanes) is 20. The van der Waals surface area contributed by atoms with Gasteiger partial charge in [0.25, 0.3) is 0 Å². The van der Waals surface area contributed by atoms with Crippen molar-refractivity contribution in [3.8, 4) is 0 Å². The maximum atomic E-state index is 13.0. The lowest BCUT2D eigenvalue weighted by atomic mass is 9.97. The molecule has 12 atom stereocenters. The summed E-state index contributed by atoms with van der Waals surface area (Å²) in [6, 6.07) is -0.931. The van der Waals surface area contributed by atoms with Gasteiger partial charge in [-0.25, -0.2) is 0 Å². The fourth-order valence-corrected chi connectivity index (χ4v) is 7.97. The Balaban J connectivity index is 1.82. The molecule has 2 aliphatic rings. The van der Waals surface area contributed by atoms with E-state index >= 15 is 0 Å². The number of carbonyl (C=O) groups is 1. The Morgan fingerprint density at radius 3 is 1.56 bits per heavy atom. The molecule has 14 heteroatoms. The molecule has 0 bridgehead atoms. The van der Waals surface area contributed by atoms with E-state index in [2.05, 4.69) is 43.5 Å². The minimum absolute atomic E-state index is 0.262. The molecule has 0 saturated carbocycles. The first kappa shape index (κ1) is 57.3. The number of ether oxygens (including phenoxy) is 4. The predicted octanol–water partition coefficient (Wildman–Crippen LogP) is 5.93. The van der Waals surface area contributed by atoms with Crippen LogP contribution in [0.4, 0.5) is 0 Å². The summed E-state index contributed by atoms with van der Waals surface area (Å²) in [5.74, 6) is -0.262. The van der Waals surface area contributed by atoms with E-state index in [4.69, 9.17) is 18.9 Å². The molecule has 0 aromatic heterocycles. The van der Waals surface area contributed by atoms with Gasteiger partial charge in [-0.15, -0.1) is 0 Å². The van der Waals surface area contributed by atoms with Gasteiger partial charge in [0.2, 0.25) is 5.91 Å². The van der Waals surface area contributed by atoms with Gasteiger partial charge in [-0.2, -0.15) is 0 Å². The largest absolute Gasteiger partial charge is 0.394 e. The van der Waals surface area contributed by atoms with Gasteiger partial charge in [-0.3, -0.25) is 4.79 Å². The Bertz CT molecular complexity index is 1200. The normalized spacial score (nSPS) is 27.8. The monoisotopic (exact) mass is 900 g/mol. The second-order valence-corrected chi connectivity index (χ2v) is 17.6. The van der Waals surface area contributed by atoms with Crippen LogP contribution < -0.4 is 5.32 Å². The number of aliphatic hydroxyl groups is 8. The summed E-state index contributed by atoms with van der Waals surface area (Å²) in [5, 5.41) is 86.4. The number of nitrogens with one attached hydrogen (secondary N) is 1. The maximum absolute atomic E-state index is 13.0. The Morgan fingerprint density at radius 1 is 0.556 bits per heavy atom. The molecule has 12 unspecified atom stereocenters. The molecule has 2 rings (SSSR count). The van der Waals surface area contributed by atoms with E-state index in [-0.39, 0.29) is 18.9 Å². The van der Waals surface area contributed by atoms with E-state index in [0.29, 0.717) is 12.8 Å². The van der Waals surface area contributed by atoms with Gasteiger partial charge in [0, 0.05) is 6.42 Å². The van der Waals surface area contributed by atoms with E-state index < -0.39 is 86.8 Å². The molecule has 9 N–H and O–H groups in total. The van der Waals surface area contributed by atoms with E-state index in [0.717, 1.165) is 51.4 Å². The molecular formula is C49H89NO13. The fraction of sp³-hybridized carbons (Fsp3) is 0.857. The van der Waals surface area contributed by atoms with Gasteiger partial charge in [-0.05, 0) is 44.9 Å². The van der Waals surface area contributed by atoms with Crippen LogP contribution >= 0.6 is 0 Å². The quantitative estimate of drug-likeness (QED) is 0.0261. The summed E-state index contributed by atoms with van der Waals surface area (Å²) in [6.45, 7) is 2.69. The number of carbonyl (C=O) groups excluding carboxylic acids is 1. The first-order valence-corrected chi connectivity index (χ1v) is 24.7. The summed E-state index contributed by atoms with van der Waals surface area (Å²) >= 11 is 0. The van der Waals surface area contributed by atoms with Crippen molar-refractivity contribution in [1.29, 1.82) is 0 Å². The van der Waals surface area contributed by atoms with Crippen LogP contribution in [0.2, 0.25) is 0 Å². The first-order valence-electron chi connectivity index (χ1n) is 24.7. The molecule has 63 heavy (non-hydrogen) atoms. The van der Waals surface area contributed by atoms with Crippen LogP contribution in [0.15, 0.2) is 36.5 Å². The van der Waals surface area contributed by atoms with Gasteiger partial charge < -0.3 is 65.1 Å². The highest BCUT2D eigenvalue weighted by atomic mass is 16.7. The lowest BCUT2D eigenvalue weighted by Gasteiger charge is -2.46. The Kier molecular flexibility index (Phi) is 33.1. The van der Waals surface area contributed by atoms with Crippen molar-refractivity contribution in [2.75, 3.05) is 19.8 Å².